The van der Waals surface area contributed by atoms with Crippen molar-refractivity contribution < 1.29 is 9.53 Å². The Morgan fingerprint density at radius 2 is 1.70 bits per heavy atom. The van der Waals surface area contributed by atoms with Crippen LogP contribution in [0.5, 0.6) is 0 Å². The van der Waals surface area contributed by atoms with Crippen molar-refractivity contribution in [1.82, 2.24) is 4.90 Å². The fourth-order valence-electron chi connectivity index (χ4n) is 3.46. The molecule has 0 amide bonds. The van der Waals surface area contributed by atoms with Gasteiger partial charge in [-0.3, -0.25) is 4.79 Å². The molecule has 0 N–H and O–H groups in total. The van der Waals surface area contributed by atoms with Crippen molar-refractivity contribution in [2.75, 3.05) is 27.2 Å². The second-order valence-corrected chi connectivity index (χ2v) is 6.28. The Labute approximate surface area is 137 Å². The van der Waals surface area contributed by atoms with Crippen molar-refractivity contribution in [3.8, 4) is 11.1 Å². The monoisotopic (exact) mass is 309 g/mol. The number of hydrogen-bond acceptors (Lipinski definition) is 3. The van der Waals surface area contributed by atoms with Crippen LogP contribution in [0.25, 0.3) is 11.1 Å². The Kier molecular flexibility index (Phi) is 4.77. The summed E-state index contributed by atoms with van der Waals surface area (Å²) in [4.78, 5) is 14.3. The van der Waals surface area contributed by atoms with Gasteiger partial charge in [-0.15, -0.1) is 0 Å². The maximum absolute atomic E-state index is 12.1. The highest BCUT2D eigenvalue weighted by Gasteiger charge is 2.34. The number of rotatable bonds is 3. The van der Waals surface area contributed by atoms with Gasteiger partial charge in [0.1, 0.15) is 0 Å². The van der Waals surface area contributed by atoms with Crippen molar-refractivity contribution in [2.45, 2.75) is 12.3 Å². The highest BCUT2D eigenvalue weighted by atomic mass is 16.5. The Morgan fingerprint density at radius 3 is 2.35 bits per heavy atom. The summed E-state index contributed by atoms with van der Waals surface area (Å²) in [5.74, 6) is 0.0542. The maximum atomic E-state index is 12.1. The number of likely N-dealkylation sites (tertiary alicyclic amines) is 1. The standard InChI is InChI=1S/C20H23NO2/c1-21-13-12-18(19(14-21)20(22)23-2)17-10-8-16(9-11-17)15-6-4-3-5-7-15/h3-11,18-19H,12-14H2,1-2H3/t18-,19-/m1/s1. The van der Waals surface area contributed by atoms with E-state index in [0.717, 1.165) is 19.5 Å². The number of esters is 1. The molecule has 0 unspecified atom stereocenters. The molecule has 1 heterocycles. The van der Waals surface area contributed by atoms with Crippen LogP contribution >= 0.6 is 0 Å². The molecule has 3 nitrogen and oxygen atoms in total. The molecular weight excluding hydrogens is 286 g/mol. The van der Waals surface area contributed by atoms with E-state index < -0.39 is 0 Å². The van der Waals surface area contributed by atoms with E-state index in [4.69, 9.17) is 4.74 Å². The summed E-state index contributed by atoms with van der Waals surface area (Å²) in [6.45, 7) is 1.77. The van der Waals surface area contributed by atoms with E-state index in [9.17, 15) is 4.79 Å². The smallest absolute Gasteiger partial charge is 0.310 e. The fourth-order valence-corrected chi connectivity index (χ4v) is 3.46. The molecule has 120 valence electrons. The van der Waals surface area contributed by atoms with E-state index in [1.807, 2.05) is 18.2 Å². The molecule has 1 saturated heterocycles. The van der Waals surface area contributed by atoms with Gasteiger partial charge in [0.05, 0.1) is 13.0 Å². The molecule has 0 aliphatic carbocycles. The van der Waals surface area contributed by atoms with E-state index in [2.05, 4.69) is 48.3 Å². The molecule has 2 atom stereocenters. The Balaban J connectivity index is 1.84. The number of piperidine rings is 1. The van der Waals surface area contributed by atoms with Crippen molar-refractivity contribution >= 4 is 5.97 Å². The van der Waals surface area contributed by atoms with Crippen LogP contribution < -0.4 is 0 Å². The lowest BCUT2D eigenvalue weighted by molar-refractivity contribution is -0.148. The second kappa shape index (κ2) is 6.97. The van der Waals surface area contributed by atoms with Gasteiger partial charge in [0.25, 0.3) is 0 Å². The van der Waals surface area contributed by atoms with E-state index in [0.29, 0.717) is 0 Å². The maximum Gasteiger partial charge on any atom is 0.310 e. The third-order valence-electron chi connectivity index (χ3n) is 4.77. The zero-order chi connectivity index (χ0) is 16.2. The minimum absolute atomic E-state index is 0.0821. The van der Waals surface area contributed by atoms with Crippen molar-refractivity contribution in [3.05, 3.63) is 60.2 Å². The number of ether oxygens (including phenoxy) is 1. The number of nitrogens with zero attached hydrogens (tertiary/aromatic N) is 1. The molecule has 2 aromatic carbocycles. The fraction of sp³-hybridized carbons (Fsp3) is 0.350. The van der Waals surface area contributed by atoms with Gasteiger partial charge in [-0.25, -0.2) is 0 Å². The lowest BCUT2D eigenvalue weighted by Crippen LogP contribution is -2.41. The number of benzene rings is 2. The molecule has 1 aliphatic rings. The Bertz CT molecular complexity index is 651. The SMILES string of the molecule is COC(=O)[C@@H]1CN(C)CC[C@@H]1c1ccc(-c2ccccc2)cc1. The lowest BCUT2D eigenvalue weighted by atomic mass is 9.80. The third kappa shape index (κ3) is 3.45. The van der Waals surface area contributed by atoms with Gasteiger partial charge < -0.3 is 9.64 Å². The lowest BCUT2D eigenvalue weighted by Gasteiger charge is -2.35. The van der Waals surface area contributed by atoms with Crippen LogP contribution in [0, 0.1) is 5.92 Å². The summed E-state index contributed by atoms with van der Waals surface area (Å²) in [5.41, 5.74) is 3.65. The summed E-state index contributed by atoms with van der Waals surface area (Å²) in [5, 5.41) is 0. The summed E-state index contributed by atoms with van der Waals surface area (Å²) >= 11 is 0. The van der Waals surface area contributed by atoms with E-state index in [1.54, 1.807) is 0 Å². The topological polar surface area (TPSA) is 29.5 Å². The van der Waals surface area contributed by atoms with Crippen LogP contribution in [0.1, 0.15) is 17.9 Å². The van der Waals surface area contributed by atoms with E-state index >= 15 is 0 Å². The normalized spacial score (nSPS) is 21.8. The van der Waals surface area contributed by atoms with Gasteiger partial charge in [-0.2, -0.15) is 0 Å². The molecule has 1 fully saturated rings. The molecule has 0 spiro atoms. The molecule has 3 rings (SSSR count). The van der Waals surface area contributed by atoms with Crippen LogP contribution in [0.4, 0.5) is 0 Å². The first-order valence-electron chi connectivity index (χ1n) is 8.11. The number of hydrogen-bond donors (Lipinski definition) is 0. The van der Waals surface area contributed by atoms with Crippen LogP contribution in [0.3, 0.4) is 0 Å². The van der Waals surface area contributed by atoms with Crippen LogP contribution in [0.15, 0.2) is 54.6 Å². The highest BCUT2D eigenvalue weighted by molar-refractivity contribution is 5.74. The average Bonchev–Trinajstić information content (AvgIpc) is 2.62. The minimum atomic E-state index is -0.103. The molecular formula is C20H23NO2. The molecule has 0 aromatic heterocycles. The number of carbonyl (C=O) groups excluding carboxylic acids is 1. The van der Waals surface area contributed by atoms with Crippen molar-refractivity contribution in [1.29, 1.82) is 0 Å². The number of carbonyl (C=O) groups is 1. The van der Waals surface area contributed by atoms with E-state index in [-0.39, 0.29) is 17.8 Å². The van der Waals surface area contributed by atoms with Gasteiger partial charge in [-0.05, 0) is 42.6 Å². The first-order valence-corrected chi connectivity index (χ1v) is 8.11. The number of methoxy groups -OCH3 is 1. The van der Waals surface area contributed by atoms with Crippen molar-refractivity contribution in [2.24, 2.45) is 5.92 Å². The molecule has 3 heteroatoms. The van der Waals surface area contributed by atoms with Crippen LogP contribution in [-0.2, 0) is 9.53 Å². The Hall–Kier alpha value is -2.13. The highest BCUT2D eigenvalue weighted by Crippen LogP contribution is 2.34. The van der Waals surface area contributed by atoms with Gasteiger partial charge in [0.2, 0.25) is 0 Å². The first-order chi connectivity index (χ1) is 11.2. The predicted molar refractivity (Wildman–Crippen MR) is 92.2 cm³/mol. The average molecular weight is 309 g/mol. The first kappa shape index (κ1) is 15.8. The summed E-state index contributed by atoms with van der Waals surface area (Å²) in [7, 11) is 3.54. The Morgan fingerprint density at radius 1 is 1.04 bits per heavy atom. The van der Waals surface area contributed by atoms with Gasteiger partial charge in [-0.1, -0.05) is 54.6 Å². The summed E-state index contributed by atoms with van der Waals surface area (Å²) in [6, 6.07) is 19.0. The molecule has 2 aromatic rings. The molecule has 23 heavy (non-hydrogen) atoms. The van der Waals surface area contributed by atoms with Gasteiger partial charge in [0, 0.05) is 6.54 Å². The summed E-state index contributed by atoms with van der Waals surface area (Å²) in [6.07, 6.45) is 0.987. The quantitative estimate of drug-likeness (QED) is 0.812. The van der Waals surface area contributed by atoms with E-state index in [1.165, 1.54) is 23.8 Å². The van der Waals surface area contributed by atoms with Crippen LogP contribution in [0.2, 0.25) is 0 Å². The zero-order valence-corrected chi connectivity index (χ0v) is 13.7. The molecule has 0 saturated carbocycles. The van der Waals surface area contributed by atoms with Gasteiger partial charge >= 0.3 is 5.97 Å². The third-order valence-corrected chi connectivity index (χ3v) is 4.77. The largest absolute Gasteiger partial charge is 0.469 e. The zero-order valence-electron chi connectivity index (χ0n) is 13.7. The van der Waals surface area contributed by atoms with Crippen molar-refractivity contribution in [3.63, 3.8) is 0 Å². The minimum Gasteiger partial charge on any atom is -0.469 e. The van der Waals surface area contributed by atoms with Crippen LogP contribution in [-0.4, -0.2) is 38.1 Å². The molecule has 0 radical (unpaired) electrons. The molecule has 0 bridgehead atoms. The predicted octanol–water partition coefficient (Wildman–Crippen LogP) is 3.56. The summed E-state index contributed by atoms with van der Waals surface area (Å²) < 4.78 is 5.02. The second-order valence-electron chi connectivity index (χ2n) is 6.28. The van der Waals surface area contributed by atoms with Gasteiger partial charge in [0.15, 0.2) is 0 Å². The molecule has 1 aliphatic heterocycles.